The van der Waals surface area contributed by atoms with Crippen molar-refractivity contribution in [3.05, 3.63) is 54.1 Å². The normalized spacial score (nSPS) is 19.3. The molecule has 3 aromatic rings. The minimum Gasteiger partial charge on any atom is -0.304 e. The molecule has 1 aromatic heterocycles. The quantitative estimate of drug-likeness (QED) is 0.547. The number of likely N-dealkylation sites (N-methyl/N-ethyl adjacent to an activating group) is 1. The molecule has 0 aliphatic carbocycles. The van der Waals surface area contributed by atoms with Crippen molar-refractivity contribution in [1.29, 1.82) is 0 Å². The molecular weight excluding hydrogens is 358 g/mol. The Hall–Kier alpha value is -2.15. The minimum atomic E-state index is -3.52. The molecule has 0 bridgehead atoms. The summed E-state index contributed by atoms with van der Waals surface area (Å²) in [5.74, 6) is 0. The summed E-state index contributed by atoms with van der Waals surface area (Å²) in [6.07, 6.45) is 0.858. The van der Waals surface area contributed by atoms with Crippen LogP contribution in [-0.2, 0) is 16.4 Å². The third-order valence-corrected chi connectivity index (χ3v) is 7.64. The molecule has 5 nitrogen and oxygen atoms in total. The van der Waals surface area contributed by atoms with Crippen LogP contribution in [0, 0.1) is 0 Å². The fourth-order valence-electron chi connectivity index (χ4n) is 4.38. The molecule has 0 saturated carbocycles. The summed E-state index contributed by atoms with van der Waals surface area (Å²) in [4.78, 5) is 5.26. The Morgan fingerprint density at radius 1 is 0.926 bits per heavy atom. The molecule has 6 heteroatoms. The lowest BCUT2D eigenvalue weighted by molar-refractivity contribution is 0.155. The average molecular weight is 382 g/mol. The third-order valence-electron chi connectivity index (χ3n) is 5.87. The highest BCUT2D eigenvalue weighted by Crippen LogP contribution is 2.44. The maximum absolute atomic E-state index is 13.2. The summed E-state index contributed by atoms with van der Waals surface area (Å²) in [5.41, 5.74) is 3.64. The van der Waals surface area contributed by atoms with Gasteiger partial charge in [0.25, 0.3) is 10.0 Å². The molecule has 1 fully saturated rings. The zero-order valence-corrected chi connectivity index (χ0v) is 16.2. The Morgan fingerprint density at radius 3 is 2.44 bits per heavy atom. The fourth-order valence-corrected chi connectivity index (χ4v) is 6.14. The van der Waals surface area contributed by atoms with Crippen molar-refractivity contribution in [3.8, 4) is 11.3 Å². The number of benzene rings is 2. The second kappa shape index (κ2) is 6.19. The minimum absolute atomic E-state index is 0.423. The summed E-state index contributed by atoms with van der Waals surface area (Å²) in [6, 6.07) is 15.3. The molecular formula is C21H23N3O2S. The van der Waals surface area contributed by atoms with E-state index in [2.05, 4.69) is 22.9 Å². The Kier molecular flexibility index (Phi) is 3.89. The molecule has 0 amide bonds. The monoisotopic (exact) mass is 381 g/mol. The number of hydrogen-bond acceptors (Lipinski definition) is 4. The molecule has 0 unspecified atom stereocenters. The Balaban J connectivity index is 1.62. The van der Waals surface area contributed by atoms with Gasteiger partial charge in [-0.25, -0.2) is 12.4 Å². The van der Waals surface area contributed by atoms with Crippen molar-refractivity contribution < 1.29 is 8.42 Å². The zero-order chi connectivity index (χ0) is 18.6. The van der Waals surface area contributed by atoms with Crippen molar-refractivity contribution >= 4 is 20.9 Å². The van der Waals surface area contributed by atoms with Crippen LogP contribution in [0.5, 0.6) is 0 Å². The second-order valence-corrected chi connectivity index (χ2v) is 9.26. The highest BCUT2D eigenvalue weighted by molar-refractivity contribution is 7.90. The standard InChI is InChI=1S/C21H23N3O2S/c1-22-12-14-23(15-13-22)11-10-17-16-6-2-4-8-19(16)24-21(17)18-7-3-5-9-20(18)27(24,25)26/h2-9H,10-15H2,1H3. The lowest BCUT2D eigenvalue weighted by atomic mass is 10.0. The Bertz CT molecular complexity index is 1130. The van der Waals surface area contributed by atoms with Crippen LogP contribution in [0.25, 0.3) is 22.2 Å². The van der Waals surface area contributed by atoms with E-state index in [4.69, 9.17) is 0 Å². The van der Waals surface area contributed by atoms with E-state index in [0.717, 1.165) is 66.9 Å². The van der Waals surface area contributed by atoms with Gasteiger partial charge in [0.2, 0.25) is 0 Å². The molecule has 2 aliphatic rings. The molecule has 0 atom stereocenters. The lowest BCUT2D eigenvalue weighted by Gasteiger charge is -2.32. The second-order valence-electron chi connectivity index (χ2n) is 7.50. The summed E-state index contributed by atoms with van der Waals surface area (Å²) in [6.45, 7) is 5.27. The summed E-state index contributed by atoms with van der Waals surface area (Å²) in [5, 5.41) is 1.06. The lowest BCUT2D eigenvalue weighted by Crippen LogP contribution is -2.45. The molecule has 140 valence electrons. The van der Waals surface area contributed by atoms with Crippen LogP contribution in [0.4, 0.5) is 0 Å². The van der Waals surface area contributed by atoms with Gasteiger partial charge in [0, 0.05) is 43.7 Å². The van der Waals surface area contributed by atoms with Gasteiger partial charge in [0.15, 0.2) is 0 Å². The van der Waals surface area contributed by atoms with Gasteiger partial charge in [-0.2, -0.15) is 0 Å². The molecule has 0 N–H and O–H groups in total. The first-order chi connectivity index (χ1) is 13.1. The van der Waals surface area contributed by atoms with Crippen LogP contribution in [-0.4, -0.2) is 62.0 Å². The number of rotatable bonds is 3. The summed E-state index contributed by atoms with van der Waals surface area (Å²) >= 11 is 0. The van der Waals surface area contributed by atoms with Crippen LogP contribution < -0.4 is 0 Å². The highest BCUT2D eigenvalue weighted by atomic mass is 32.2. The topological polar surface area (TPSA) is 45.5 Å². The predicted octanol–water partition coefficient (Wildman–Crippen LogP) is 2.65. The van der Waals surface area contributed by atoms with Gasteiger partial charge in [0.1, 0.15) is 0 Å². The first-order valence-electron chi connectivity index (χ1n) is 9.45. The van der Waals surface area contributed by atoms with Crippen molar-refractivity contribution in [1.82, 2.24) is 13.8 Å². The Labute approximate surface area is 159 Å². The number of aromatic nitrogens is 1. The molecule has 27 heavy (non-hydrogen) atoms. The largest absolute Gasteiger partial charge is 0.304 e. The predicted molar refractivity (Wildman–Crippen MR) is 108 cm³/mol. The van der Waals surface area contributed by atoms with Crippen molar-refractivity contribution in [2.45, 2.75) is 11.3 Å². The van der Waals surface area contributed by atoms with Gasteiger partial charge in [-0.05, 0) is 31.2 Å². The van der Waals surface area contributed by atoms with Crippen LogP contribution in [0.3, 0.4) is 0 Å². The molecule has 5 rings (SSSR count). The maximum Gasteiger partial charge on any atom is 0.269 e. The first kappa shape index (κ1) is 17.0. The van der Waals surface area contributed by atoms with E-state index in [1.807, 2.05) is 30.3 Å². The molecule has 3 heterocycles. The number of hydrogen-bond donors (Lipinski definition) is 0. The zero-order valence-electron chi connectivity index (χ0n) is 15.4. The van der Waals surface area contributed by atoms with Gasteiger partial charge in [0.05, 0.1) is 16.1 Å². The number of para-hydroxylation sites is 1. The van der Waals surface area contributed by atoms with Gasteiger partial charge in [-0.15, -0.1) is 0 Å². The van der Waals surface area contributed by atoms with Crippen LogP contribution in [0.15, 0.2) is 53.4 Å². The van der Waals surface area contributed by atoms with Crippen LogP contribution >= 0.6 is 0 Å². The molecule has 2 aromatic carbocycles. The molecule has 0 radical (unpaired) electrons. The Morgan fingerprint density at radius 2 is 1.63 bits per heavy atom. The van der Waals surface area contributed by atoms with Gasteiger partial charge < -0.3 is 9.80 Å². The fraction of sp³-hybridized carbons (Fsp3) is 0.333. The van der Waals surface area contributed by atoms with Crippen molar-refractivity contribution in [2.24, 2.45) is 0 Å². The van der Waals surface area contributed by atoms with E-state index >= 15 is 0 Å². The highest BCUT2D eigenvalue weighted by Gasteiger charge is 2.36. The van der Waals surface area contributed by atoms with Gasteiger partial charge >= 0.3 is 0 Å². The van der Waals surface area contributed by atoms with E-state index in [1.165, 1.54) is 0 Å². The van der Waals surface area contributed by atoms with E-state index in [9.17, 15) is 8.42 Å². The number of fused-ring (bicyclic) bond motifs is 5. The van der Waals surface area contributed by atoms with Gasteiger partial charge in [-0.1, -0.05) is 36.4 Å². The van der Waals surface area contributed by atoms with Crippen molar-refractivity contribution in [2.75, 3.05) is 39.8 Å². The summed E-state index contributed by atoms with van der Waals surface area (Å²) in [7, 11) is -1.36. The maximum atomic E-state index is 13.2. The van der Waals surface area contributed by atoms with Crippen LogP contribution in [0.2, 0.25) is 0 Å². The third kappa shape index (κ3) is 2.55. The SMILES string of the molecule is CN1CCN(CCc2c3n(c4ccccc24)S(=O)(=O)c2ccccc2-3)CC1. The molecule has 2 aliphatic heterocycles. The van der Waals surface area contributed by atoms with E-state index in [0.29, 0.717) is 4.90 Å². The van der Waals surface area contributed by atoms with Gasteiger partial charge in [-0.3, -0.25) is 0 Å². The number of nitrogens with zero attached hydrogens (tertiary/aromatic N) is 3. The molecule has 0 spiro atoms. The van der Waals surface area contributed by atoms with Crippen molar-refractivity contribution in [3.63, 3.8) is 0 Å². The number of piperazine rings is 1. The average Bonchev–Trinajstić information content (AvgIpc) is 3.13. The van der Waals surface area contributed by atoms with E-state index in [1.54, 1.807) is 16.1 Å². The van der Waals surface area contributed by atoms with E-state index in [-0.39, 0.29) is 0 Å². The smallest absolute Gasteiger partial charge is 0.269 e. The van der Waals surface area contributed by atoms with Crippen LogP contribution in [0.1, 0.15) is 5.56 Å². The van der Waals surface area contributed by atoms with E-state index < -0.39 is 10.0 Å². The first-order valence-corrected chi connectivity index (χ1v) is 10.9. The molecule has 1 saturated heterocycles. The summed E-state index contributed by atoms with van der Waals surface area (Å²) < 4.78 is 27.9.